The molecule has 0 atom stereocenters. The molecule has 1 aliphatic rings. The Balaban J connectivity index is 1.53. The number of anilines is 2. The largest absolute Gasteiger partial charge is 0.381 e. The number of pyridine rings is 1. The van der Waals surface area contributed by atoms with Crippen LogP contribution < -0.4 is 16.4 Å². The molecule has 4 N–H and O–H groups in total. The fourth-order valence-electron chi connectivity index (χ4n) is 3.86. The lowest BCUT2D eigenvalue weighted by molar-refractivity contribution is 0.410. The SMILES string of the molecule is NC1CCC(Nc2cc(-c3cc(F)cc(NCc4ccccc4)c3)c(Cl)cn2)CC1. The van der Waals surface area contributed by atoms with Crippen LogP contribution in [0.5, 0.6) is 0 Å². The molecule has 2 aromatic carbocycles. The van der Waals surface area contributed by atoms with Crippen molar-refractivity contribution in [3.05, 3.63) is 77.2 Å². The Morgan fingerprint density at radius 1 is 1.03 bits per heavy atom. The van der Waals surface area contributed by atoms with Gasteiger partial charge >= 0.3 is 0 Å². The van der Waals surface area contributed by atoms with Gasteiger partial charge in [0, 0.05) is 36.1 Å². The average molecular weight is 425 g/mol. The lowest BCUT2D eigenvalue weighted by atomic mass is 9.92. The van der Waals surface area contributed by atoms with Crippen molar-refractivity contribution in [2.45, 2.75) is 44.3 Å². The Labute approximate surface area is 181 Å². The highest BCUT2D eigenvalue weighted by molar-refractivity contribution is 6.33. The molecule has 4 rings (SSSR count). The zero-order valence-corrected chi connectivity index (χ0v) is 17.5. The molecular formula is C24H26ClFN4. The Morgan fingerprint density at radius 3 is 2.57 bits per heavy atom. The van der Waals surface area contributed by atoms with Gasteiger partial charge in [0.05, 0.1) is 5.02 Å². The van der Waals surface area contributed by atoms with E-state index < -0.39 is 0 Å². The molecule has 156 valence electrons. The molecule has 1 saturated carbocycles. The van der Waals surface area contributed by atoms with Gasteiger partial charge in [0.25, 0.3) is 0 Å². The summed E-state index contributed by atoms with van der Waals surface area (Å²) >= 11 is 6.42. The fourth-order valence-corrected chi connectivity index (χ4v) is 4.07. The van der Waals surface area contributed by atoms with E-state index in [1.807, 2.05) is 42.5 Å². The van der Waals surface area contributed by atoms with E-state index in [1.54, 1.807) is 6.20 Å². The molecular weight excluding hydrogens is 399 g/mol. The van der Waals surface area contributed by atoms with Crippen molar-refractivity contribution in [1.29, 1.82) is 0 Å². The Morgan fingerprint density at radius 2 is 1.80 bits per heavy atom. The first-order chi connectivity index (χ1) is 14.6. The van der Waals surface area contributed by atoms with E-state index in [0.717, 1.165) is 42.6 Å². The van der Waals surface area contributed by atoms with Gasteiger partial charge in [-0.25, -0.2) is 9.37 Å². The number of benzene rings is 2. The summed E-state index contributed by atoms with van der Waals surface area (Å²) in [6.45, 7) is 0.616. The van der Waals surface area contributed by atoms with Crippen molar-refractivity contribution in [3.63, 3.8) is 0 Å². The number of nitrogens with one attached hydrogen (secondary N) is 2. The van der Waals surface area contributed by atoms with Crippen LogP contribution in [0.4, 0.5) is 15.9 Å². The lowest BCUT2D eigenvalue weighted by Gasteiger charge is -2.27. The second-order valence-corrected chi connectivity index (χ2v) is 8.28. The second-order valence-electron chi connectivity index (χ2n) is 7.87. The minimum absolute atomic E-state index is 0.297. The summed E-state index contributed by atoms with van der Waals surface area (Å²) in [6, 6.07) is 17.5. The molecule has 0 bridgehead atoms. The number of halogens is 2. The zero-order valence-electron chi connectivity index (χ0n) is 16.7. The minimum Gasteiger partial charge on any atom is -0.381 e. The van der Waals surface area contributed by atoms with E-state index >= 15 is 0 Å². The van der Waals surface area contributed by atoms with Crippen molar-refractivity contribution in [2.24, 2.45) is 5.73 Å². The van der Waals surface area contributed by atoms with Crippen LogP contribution in [0.2, 0.25) is 5.02 Å². The molecule has 1 aliphatic carbocycles. The normalized spacial score (nSPS) is 18.8. The highest BCUT2D eigenvalue weighted by Gasteiger charge is 2.19. The molecule has 6 heteroatoms. The molecule has 0 radical (unpaired) electrons. The fraction of sp³-hybridized carbons (Fsp3) is 0.292. The van der Waals surface area contributed by atoms with Crippen molar-refractivity contribution in [3.8, 4) is 11.1 Å². The summed E-state index contributed by atoms with van der Waals surface area (Å²) in [6.07, 6.45) is 5.69. The predicted molar refractivity (Wildman–Crippen MR) is 122 cm³/mol. The van der Waals surface area contributed by atoms with Crippen LogP contribution in [0.15, 0.2) is 60.8 Å². The molecule has 0 spiro atoms. The quantitative estimate of drug-likeness (QED) is 0.465. The smallest absolute Gasteiger partial charge is 0.126 e. The highest BCUT2D eigenvalue weighted by atomic mass is 35.5. The van der Waals surface area contributed by atoms with E-state index in [1.165, 1.54) is 12.1 Å². The highest BCUT2D eigenvalue weighted by Crippen LogP contribution is 2.32. The van der Waals surface area contributed by atoms with Gasteiger partial charge in [-0.2, -0.15) is 0 Å². The molecule has 1 fully saturated rings. The zero-order chi connectivity index (χ0) is 20.9. The molecule has 0 unspecified atom stereocenters. The Bertz CT molecular complexity index is 988. The van der Waals surface area contributed by atoms with Crippen LogP contribution >= 0.6 is 11.6 Å². The summed E-state index contributed by atoms with van der Waals surface area (Å²) in [5.74, 6) is 0.435. The van der Waals surface area contributed by atoms with Gasteiger partial charge in [-0.1, -0.05) is 41.9 Å². The minimum atomic E-state index is -0.313. The molecule has 1 heterocycles. The predicted octanol–water partition coefficient (Wildman–Crippen LogP) is 5.84. The third-order valence-electron chi connectivity index (χ3n) is 5.53. The number of hydrogen-bond donors (Lipinski definition) is 3. The van der Waals surface area contributed by atoms with Crippen LogP contribution in [0.1, 0.15) is 31.2 Å². The molecule has 30 heavy (non-hydrogen) atoms. The van der Waals surface area contributed by atoms with Gasteiger partial charge in [-0.3, -0.25) is 0 Å². The molecule has 0 saturated heterocycles. The van der Waals surface area contributed by atoms with Crippen LogP contribution in [0, 0.1) is 5.82 Å². The maximum atomic E-state index is 14.4. The first-order valence-corrected chi connectivity index (χ1v) is 10.7. The number of nitrogens with zero attached hydrogens (tertiary/aromatic N) is 1. The van der Waals surface area contributed by atoms with E-state index in [-0.39, 0.29) is 5.82 Å². The number of nitrogens with two attached hydrogens (primary N) is 1. The van der Waals surface area contributed by atoms with Crippen LogP contribution in [0.3, 0.4) is 0 Å². The van der Waals surface area contributed by atoms with E-state index in [0.29, 0.717) is 34.9 Å². The topological polar surface area (TPSA) is 63.0 Å². The van der Waals surface area contributed by atoms with Gasteiger partial charge in [-0.15, -0.1) is 0 Å². The van der Waals surface area contributed by atoms with Gasteiger partial charge in [0.1, 0.15) is 11.6 Å². The van der Waals surface area contributed by atoms with Crippen molar-refractivity contribution >= 4 is 23.1 Å². The van der Waals surface area contributed by atoms with Gasteiger partial charge in [0.15, 0.2) is 0 Å². The summed E-state index contributed by atoms with van der Waals surface area (Å²) in [4.78, 5) is 4.41. The van der Waals surface area contributed by atoms with Crippen molar-refractivity contribution in [1.82, 2.24) is 4.98 Å². The van der Waals surface area contributed by atoms with Crippen molar-refractivity contribution < 1.29 is 4.39 Å². The first kappa shape index (κ1) is 20.6. The molecule has 4 nitrogen and oxygen atoms in total. The maximum Gasteiger partial charge on any atom is 0.126 e. The van der Waals surface area contributed by atoms with Gasteiger partial charge < -0.3 is 16.4 Å². The van der Waals surface area contributed by atoms with E-state index in [2.05, 4.69) is 15.6 Å². The molecule has 0 amide bonds. The Hall–Kier alpha value is -2.63. The van der Waals surface area contributed by atoms with E-state index in [4.69, 9.17) is 17.3 Å². The first-order valence-electron chi connectivity index (χ1n) is 10.3. The summed E-state index contributed by atoms with van der Waals surface area (Å²) in [5.41, 5.74) is 9.30. The molecule has 0 aliphatic heterocycles. The Kier molecular flexibility index (Phi) is 6.50. The lowest BCUT2D eigenvalue weighted by Crippen LogP contribution is -2.33. The summed E-state index contributed by atoms with van der Waals surface area (Å²) in [7, 11) is 0. The monoisotopic (exact) mass is 424 g/mol. The molecule has 1 aromatic heterocycles. The van der Waals surface area contributed by atoms with Gasteiger partial charge in [-0.05, 0) is 61.1 Å². The summed E-state index contributed by atoms with van der Waals surface area (Å²) in [5, 5.41) is 7.26. The van der Waals surface area contributed by atoms with Crippen LogP contribution in [0.25, 0.3) is 11.1 Å². The average Bonchev–Trinajstić information content (AvgIpc) is 2.75. The van der Waals surface area contributed by atoms with Gasteiger partial charge in [0.2, 0.25) is 0 Å². The van der Waals surface area contributed by atoms with Crippen LogP contribution in [-0.2, 0) is 6.54 Å². The number of rotatable bonds is 6. The van der Waals surface area contributed by atoms with Crippen molar-refractivity contribution in [2.75, 3.05) is 10.6 Å². The molecule has 3 aromatic rings. The van der Waals surface area contributed by atoms with Crippen LogP contribution in [-0.4, -0.2) is 17.1 Å². The summed E-state index contributed by atoms with van der Waals surface area (Å²) < 4.78 is 14.4. The second kappa shape index (κ2) is 9.45. The third-order valence-corrected chi connectivity index (χ3v) is 5.83. The maximum absolute atomic E-state index is 14.4. The van der Waals surface area contributed by atoms with E-state index in [9.17, 15) is 4.39 Å². The number of aromatic nitrogens is 1. The third kappa shape index (κ3) is 5.29. The standard InChI is InChI=1S/C24H26ClFN4/c25-23-15-29-24(30-20-8-6-19(27)7-9-20)13-22(23)17-10-18(26)12-21(11-17)28-14-16-4-2-1-3-5-16/h1-5,10-13,15,19-20,28H,6-9,14,27H2,(H,29,30). The number of hydrogen-bond acceptors (Lipinski definition) is 4.